The summed E-state index contributed by atoms with van der Waals surface area (Å²) in [4.78, 5) is 28.9. The number of thioether (sulfide) groups is 1. The fourth-order valence-electron chi connectivity index (χ4n) is 3.80. The molecule has 4 N–H and O–H groups in total. The molecule has 1 aliphatic rings. The zero-order chi connectivity index (χ0) is 20.4. The second kappa shape index (κ2) is 8.24. The number of aromatic nitrogens is 5. The third kappa shape index (κ3) is 3.98. The van der Waals surface area contributed by atoms with E-state index in [1.807, 2.05) is 6.07 Å². The van der Waals surface area contributed by atoms with Crippen LogP contribution in [-0.4, -0.2) is 30.3 Å². The maximum Gasteiger partial charge on any atom is 0.261 e. The molecule has 1 aromatic carbocycles. The van der Waals surface area contributed by atoms with E-state index in [1.165, 1.54) is 40.3 Å². The van der Waals surface area contributed by atoms with Crippen LogP contribution in [0.1, 0.15) is 49.7 Å². The number of amides is 1. The number of rotatable bonds is 6. The second-order valence-electron chi connectivity index (χ2n) is 7.24. The van der Waals surface area contributed by atoms with Crippen molar-refractivity contribution in [3.63, 3.8) is 0 Å². The minimum absolute atomic E-state index is 0.227. The first kappa shape index (κ1) is 19.4. The van der Waals surface area contributed by atoms with Crippen LogP contribution in [0.4, 0.5) is 0 Å². The van der Waals surface area contributed by atoms with Gasteiger partial charge in [-0.1, -0.05) is 43.2 Å². The summed E-state index contributed by atoms with van der Waals surface area (Å²) >= 11 is 1.33. The van der Waals surface area contributed by atoms with Gasteiger partial charge in [-0.2, -0.15) is 0 Å². The van der Waals surface area contributed by atoms with E-state index in [9.17, 15) is 9.59 Å². The molecule has 0 radical (unpaired) electrons. The fourth-order valence-corrected chi connectivity index (χ4v) is 4.61. The number of fused-ring (bicyclic) bond motifs is 1. The lowest BCUT2D eigenvalue weighted by atomic mass is 9.89. The molecule has 0 bridgehead atoms. The molecular formula is C19H23N7O2S. The first-order valence-corrected chi connectivity index (χ1v) is 10.6. The summed E-state index contributed by atoms with van der Waals surface area (Å²) in [6, 6.07) is 7.04. The summed E-state index contributed by atoms with van der Waals surface area (Å²) in [6.45, 7) is -0.227. The molecule has 4 rings (SSSR count). The molecule has 0 aliphatic heterocycles. The largest absolute Gasteiger partial charge is 0.368 e. The Labute approximate surface area is 171 Å². The van der Waals surface area contributed by atoms with Gasteiger partial charge in [-0.05, 0) is 25.0 Å². The van der Waals surface area contributed by atoms with Crippen molar-refractivity contribution in [1.82, 2.24) is 24.4 Å². The molecule has 1 saturated carbocycles. The molecule has 1 aliphatic carbocycles. The minimum Gasteiger partial charge on any atom is -0.368 e. The molecule has 0 saturated heterocycles. The molecule has 0 unspecified atom stereocenters. The number of carbonyl (C=O) groups is 1. The summed E-state index contributed by atoms with van der Waals surface area (Å²) in [5.41, 5.74) is 5.63. The maximum atomic E-state index is 12.8. The lowest BCUT2D eigenvalue weighted by Crippen LogP contribution is -2.31. The number of para-hydroxylation sites is 1. The van der Waals surface area contributed by atoms with E-state index in [4.69, 9.17) is 11.6 Å². The van der Waals surface area contributed by atoms with Crippen LogP contribution in [0.2, 0.25) is 0 Å². The van der Waals surface area contributed by atoms with Gasteiger partial charge in [0.25, 0.3) is 5.56 Å². The number of carbonyl (C=O) groups excluding carboxylic acids is 1. The van der Waals surface area contributed by atoms with Crippen LogP contribution in [0.5, 0.6) is 0 Å². The Balaban J connectivity index is 1.62. The van der Waals surface area contributed by atoms with Crippen LogP contribution in [0, 0.1) is 0 Å². The molecule has 152 valence electrons. The van der Waals surface area contributed by atoms with Crippen molar-refractivity contribution in [1.29, 1.82) is 0 Å². The SMILES string of the molecule is NC(=O)Cn1c(CSc2nnc(C3CCCCC3)n2N)nc2ccccc2c1=O. The molecule has 10 heteroatoms. The van der Waals surface area contributed by atoms with Gasteiger partial charge in [0.1, 0.15) is 12.4 Å². The van der Waals surface area contributed by atoms with Crippen molar-refractivity contribution < 1.29 is 4.79 Å². The number of nitrogen functional groups attached to an aromatic ring is 1. The lowest BCUT2D eigenvalue weighted by Gasteiger charge is -2.20. The van der Waals surface area contributed by atoms with Gasteiger partial charge in [0, 0.05) is 5.92 Å². The van der Waals surface area contributed by atoms with Crippen LogP contribution in [0.3, 0.4) is 0 Å². The summed E-state index contributed by atoms with van der Waals surface area (Å²) in [5.74, 6) is 7.54. The van der Waals surface area contributed by atoms with E-state index < -0.39 is 5.91 Å². The van der Waals surface area contributed by atoms with Crippen LogP contribution in [0.15, 0.2) is 34.2 Å². The molecule has 0 spiro atoms. The van der Waals surface area contributed by atoms with Crippen LogP contribution in [0.25, 0.3) is 10.9 Å². The number of benzene rings is 1. The molecule has 1 amide bonds. The first-order chi connectivity index (χ1) is 14.0. The third-order valence-corrected chi connectivity index (χ3v) is 6.19. The zero-order valence-corrected chi connectivity index (χ0v) is 16.8. The van der Waals surface area contributed by atoms with Gasteiger partial charge in [-0.25, -0.2) is 9.66 Å². The maximum absolute atomic E-state index is 12.8. The van der Waals surface area contributed by atoms with E-state index in [2.05, 4.69) is 15.2 Å². The summed E-state index contributed by atoms with van der Waals surface area (Å²) < 4.78 is 2.86. The number of hydrogen-bond donors (Lipinski definition) is 2. The molecule has 0 atom stereocenters. The zero-order valence-electron chi connectivity index (χ0n) is 16.0. The van der Waals surface area contributed by atoms with Gasteiger partial charge in [0.15, 0.2) is 5.82 Å². The minimum atomic E-state index is -0.600. The van der Waals surface area contributed by atoms with Gasteiger partial charge in [-0.3, -0.25) is 14.2 Å². The highest BCUT2D eigenvalue weighted by Gasteiger charge is 2.23. The van der Waals surface area contributed by atoms with Crippen molar-refractivity contribution in [2.75, 3.05) is 5.84 Å². The number of hydrogen-bond acceptors (Lipinski definition) is 7. The number of nitrogens with two attached hydrogens (primary N) is 2. The van der Waals surface area contributed by atoms with Gasteiger partial charge >= 0.3 is 0 Å². The lowest BCUT2D eigenvalue weighted by molar-refractivity contribution is -0.118. The number of primary amides is 1. The standard InChI is InChI=1S/C19H23N7O2S/c20-15(27)10-25-16(22-14-9-5-4-8-13(14)18(25)28)11-29-19-24-23-17(26(19)21)12-6-2-1-3-7-12/h4-5,8-9,12H,1-3,6-7,10-11,21H2,(H2,20,27). The Bertz CT molecular complexity index is 1100. The highest BCUT2D eigenvalue weighted by atomic mass is 32.2. The van der Waals surface area contributed by atoms with Crippen molar-refractivity contribution >= 4 is 28.6 Å². The summed E-state index contributed by atoms with van der Waals surface area (Å²) in [6.07, 6.45) is 5.76. The molecule has 29 heavy (non-hydrogen) atoms. The van der Waals surface area contributed by atoms with Crippen LogP contribution in [-0.2, 0) is 17.1 Å². The third-order valence-electron chi connectivity index (χ3n) is 5.25. The Morgan fingerprint density at radius 2 is 1.93 bits per heavy atom. The predicted molar refractivity (Wildman–Crippen MR) is 111 cm³/mol. The molecule has 2 heterocycles. The fraction of sp³-hybridized carbons (Fsp3) is 0.421. The van der Waals surface area contributed by atoms with E-state index in [0.717, 1.165) is 18.7 Å². The Kier molecular flexibility index (Phi) is 5.52. The van der Waals surface area contributed by atoms with E-state index >= 15 is 0 Å². The van der Waals surface area contributed by atoms with Crippen molar-refractivity contribution in [2.24, 2.45) is 5.73 Å². The van der Waals surface area contributed by atoms with Crippen molar-refractivity contribution in [2.45, 2.75) is 55.5 Å². The van der Waals surface area contributed by atoms with E-state index in [0.29, 0.717) is 33.6 Å². The van der Waals surface area contributed by atoms with Gasteiger partial charge in [-0.15, -0.1) is 10.2 Å². The summed E-state index contributed by atoms with van der Waals surface area (Å²) in [7, 11) is 0. The summed E-state index contributed by atoms with van der Waals surface area (Å²) in [5, 5.41) is 9.52. The van der Waals surface area contributed by atoms with Crippen molar-refractivity contribution in [3.8, 4) is 0 Å². The average molecular weight is 414 g/mol. The topological polar surface area (TPSA) is 135 Å². The highest BCUT2D eigenvalue weighted by Crippen LogP contribution is 2.32. The van der Waals surface area contributed by atoms with Gasteiger partial charge < -0.3 is 11.6 Å². The van der Waals surface area contributed by atoms with Gasteiger partial charge in [0.05, 0.1) is 16.7 Å². The average Bonchev–Trinajstić information content (AvgIpc) is 3.09. The predicted octanol–water partition coefficient (Wildman–Crippen LogP) is 1.53. The van der Waals surface area contributed by atoms with Gasteiger partial charge in [0.2, 0.25) is 11.1 Å². The first-order valence-electron chi connectivity index (χ1n) is 9.64. The molecule has 2 aromatic heterocycles. The highest BCUT2D eigenvalue weighted by molar-refractivity contribution is 7.98. The van der Waals surface area contributed by atoms with E-state index in [1.54, 1.807) is 18.2 Å². The Morgan fingerprint density at radius 1 is 1.17 bits per heavy atom. The Morgan fingerprint density at radius 3 is 2.69 bits per heavy atom. The van der Waals surface area contributed by atoms with Crippen LogP contribution >= 0.6 is 11.8 Å². The Hall–Kier alpha value is -2.88. The molecule has 3 aromatic rings. The molecular weight excluding hydrogens is 390 g/mol. The quantitative estimate of drug-likeness (QED) is 0.462. The normalized spacial score (nSPS) is 15.0. The second-order valence-corrected chi connectivity index (χ2v) is 8.18. The monoisotopic (exact) mass is 413 g/mol. The van der Waals surface area contributed by atoms with E-state index in [-0.39, 0.29) is 12.1 Å². The van der Waals surface area contributed by atoms with Crippen molar-refractivity contribution in [3.05, 3.63) is 46.3 Å². The van der Waals surface area contributed by atoms with Crippen LogP contribution < -0.4 is 17.1 Å². The number of nitrogens with zero attached hydrogens (tertiary/aromatic N) is 5. The smallest absolute Gasteiger partial charge is 0.261 e. The molecule has 1 fully saturated rings. The molecule has 9 nitrogen and oxygen atoms in total.